The lowest BCUT2D eigenvalue weighted by Crippen LogP contribution is -2.45. The van der Waals surface area contributed by atoms with Crippen LogP contribution in [0.4, 0.5) is 5.69 Å². The Morgan fingerprint density at radius 2 is 1.70 bits per heavy atom. The van der Waals surface area contributed by atoms with Crippen LogP contribution in [0.3, 0.4) is 0 Å². The smallest absolute Gasteiger partial charge is 0.272 e. The van der Waals surface area contributed by atoms with Gasteiger partial charge in [-0.25, -0.2) is 0 Å². The number of rotatable bonds is 5. The Balaban J connectivity index is 1.35. The van der Waals surface area contributed by atoms with Crippen LogP contribution < -0.4 is 5.32 Å². The van der Waals surface area contributed by atoms with Gasteiger partial charge < -0.3 is 15.2 Å². The zero-order valence-electron chi connectivity index (χ0n) is 15.7. The predicted octanol–water partition coefficient (Wildman–Crippen LogP) is 3.56. The molecule has 140 valence electrons. The van der Waals surface area contributed by atoms with E-state index in [1.165, 1.54) is 5.56 Å². The van der Waals surface area contributed by atoms with Gasteiger partial charge in [0, 0.05) is 49.3 Å². The summed E-state index contributed by atoms with van der Waals surface area (Å²) in [5.74, 6) is -0.116. The first-order chi connectivity index (χ1) is 13.2. The molecule has 27 heavy (non-hydrogen) atoms. The second-order valence-electron chi connectivity index (χ2n) is 7.13. The summed E-state index contributed by atoms with van der Waals surface area (Å²) in [6, 6.07) is 18.0. The molecule has 1 aliphatic heterocycles. The van der Waals surface area contributed by atoms with Gasteiger partial charge in [0.2, 0.25) is 0 Å². The molecule has 2 N–H and O–H groups in total. The van der Waals surface area contributed by atoms with E-state index in [9.17, 15) is 4.79 Å². The molecule has 1 aromatic heterocycles. The summed E-state index contributed by atoms with van der Waals surface area (Å²) in [7, 11) is 0. The fraction of sp³-hybridized carbons (Fsp3) is 0.318. The number of hydrogen-bond donors (Lipinski definition) is 2. The highest BCUT2D eigenvalue weighted by Gasteiger charge is 2.15. The Labute approximate surface area is 160 Å². The molecule has 1 saturated heterocycles. The third kappa shape index (κ3) is 4.21. The summed E-state index contributed by atoms with van der Waals surface area (Å²) in [5.41, 5.74) is 3.65. The van der Waals surface area contributed by atoms with Gasteiger partial charge in [-0.15, -0.1) is 0 Å². The molecule has 0 saturated carbocycles. The molecule has 0 aliphatic carbocycles. The van der Waals surface area contributed by atoms with Crippen molar-refractivity contribution in [1.82, 2.24) is 14.8 Å². The number of amides is 1. The molecule has 1 fully saturated rings. The van der Waals surface area contributed by atoms with E-state index in [0.29, 0.717) is 5.69 Å². The van der Waals surface area contributed by atoms with Crippen molar-refractivity contribution < 1.29 is 4.79 Å². The summed E-state index contributed by atoms with van der Waals surface area (Å²) in [6.07, 6.45) is 0. The molecule has 5 heteroatoms. The molecule has 1 aliphatic rings. The van der Waals surface area contributed by atoms with Crippen LogP contribution in [0.5, 0.6) is 0 Å². The first-order valence-corrected chi connectivity index (χ1v) is 9.64. The van der Waals surface area contributed by atoms with Gasteiger partial charge >= 0.3 is 0 Å². The zero-order valence-corrected chi connectivity index (χ0v) is 15.7. The first kappa shape index (κ1) is 17.8. The normalized spacial score (nSPS) is 15.9. The Hall–Kier alpha value is -2.63. The van der Waals surface area contributed by atoms with Crippen molar-refractivity contribution >= 4 is 22.5 Å². The predicted molar refractivity (Wildman–Crippen MR) is 110 cm³/mol. The van der Waals surface area contributed by atoms with E-state index in [0.717, 1.165) is 55.9 Å². The maximum Gasteiger partial charge on any atom is 0.272 e. The number of anilines is 1. The Kier molecular flexibility index (Phi) is 5.23. The number of nitrogens with zero attached hydrogens (tertiary/aromatic N) is 2. The Morgan fingerprint density at radius 1 is 1.00 bits per heavy atom. The maximum absolute atomic E-state index is 12.5. The molecule has 0 unspecified atom stereocenters. The summed E-state index contributed by atoms with van der Waals surface area (Å²) < 4.78 is 0. The van der Waals surface area contributed by atoms with Gasteiger partial charge in [-0.1, -0.05) is 37.3 Å². The van der Waals surface area contributed by atoms with Gasteiger partial charge in [-0.05, 0) is 36.4 Å². The minimum absolute atomic E-state index is 0.116. The lowest BCUT2D eigenvalue weighted by atomic mass is 10.1. The molecule has 0 bridgehead atoms. The van der Waals surface area contributed by atoms with Gasteiger partial charge in [0.15, 0.2) is 0 Å². The quantitative estimate of drug-likeness (QED) is 0.730. The minimum atomic E-state index is -0.116. The van der Waals surface area contributed by atoms with Crippen LogP contribution in [0.25, 0.3) is 10.9 Å². The van der Waals surface area contributed by atoms with Gasteiger partial charge in [-0.2, -0.15) is 0 Å². The number of fused-ring (bicyclic) bond motifs is 1. The number of carbonyl (C=O) groups excluding carboxylic acids is 1. The van der Waals surface area contributed by atoms with Crippen molar-refractivity contribution in [3.63, 3.8) is 0 Å². The van der Waals surface area contributed by atoms with Crippen LogP contribution >= 0.6 is 0 Å². The van der Waals surface area contributed by atoms with E-state index in [4.69, 9.17) is 0 Å². The van der Waals surface area contributed by atoms with E-state index in [-0.39, 0.29) is 5.91 Å². The molecule has 0 spiro atoms. The molecule has 2 aromatic carbocycles. The number of aromatic amines is 1. The number of likely N-dealkylation sites (N-methyl/N-ethyl adjacent to an activating group) is 1. The lowest BCUT2D eigenvalue weighted by molar-refractivity contribution is 0.102. The van der Waals surface area contributed by atoms with E-state index in [1.54, 1.807) is 0 Å². The first-order valence-electron chi connectivity index (χ1n) is 9.64. The number of para-hydroxylation sites is 1. The largest absolute Gasteiger partial charge is 0.351 e. The summed E-state index contributed by atoms with van der Waals surface area (Å²) >= 11 is 0. The minimum Gasteiger partial charge on any atom is -0.351 e. The maximum atomic E-state index is 12.5. The Bertz CT molecular complexity index is 874. The van der Waals surface area contributed by atoms with E-state index in [1.807, 2.05) is 42.5 Å². The lowest BCUT2D eigenvalue weighted by Gasteiger charge is -2.34. The van der Waals surface area contributed by atoms with Crippen molar-refractivity contribution in [1.29, 1.82) is 0 Å². The van der Waals surface area contributed by atoms with Crippen LogP contribution in [-0.4, -0.2) is 53.4 Å². The van der Waals surface area contributed by atoms with Crippen LogP contribution in [0.15, 0.2) is 54.6 Å². The topological polar surface area (TPSA) is 51.4 Å². The molecule has 3 aromatic rings. The average Bonchev–Trinajstić information content (AvgIpc) is 3.14. The standard InChI is InChI=1S/C22H26N4O/c1-2-25-11-13-26(14-12-25)16-17-7-9-19(10-8-17)23-22(27)21-15-18-5-3-4-6-20(18)24-21/h3-10,15,24H,2,11-14,16H2,1H3,(H,23,27). The molecule has 0 radical (unpaired) electrons. The number of hydrogen-bond acceptors (Lipinski definition) is 3. The number of nitrogens with one attached hydrogen (secondary N) is 2. The van der Waals surface area contributed by atoms with Gasteiger partial charge in [0.1, 0.15) is 5.69 Å². The van der Waals surface area contributed by atoms with Crippen molar-refractivity contribution in [3.05, 3.63) is 65.9 Å². The van der Waals surface area contributed by atoms with Crippen molar-refractivity contribution in [2.75, 3.05) is 38.0 Å². The van der Waals surface area contributed by atoms with Crippen LogP contribution in [0.1, 0.15) is 23.0 Å². The highest BCUT2D eigenvalue weighted by molar-refractivity contribution is 6.05. The third-order valence-corrected chi connectivity index (χ3v) is 5.30. The second kappa shape index (κ2) is 7.94. The van der Waals surface area contributed by atoms with Crippen LogP contribution in [0, 0.1) is 0 Å². The third-order valence-electron chi connectivity index (χ3n) is 5.30. The number of carbonyl (C=O) groups is 1. The number of benzene rings is 2. The van der Waals surface area contributed by atoms with E-state index in [2.05, 4.69) is 39.2 Å². The molecular formula is C22H26N4O. The fourth-order valence-corrected chi connectivity index (χ4v) is 3.61. The average molecular weight is 362 g/mol. The molecule has 4 rings (SSSR count). The summed E-state index contributed by atoms with van der Waals surface area (Å²) in [5, 5.41) is 4.02. The SMILES string of the molecule is CCN1CCN(Cc2ccc(NC(=O)c3cc4ccccc4[nH]3)cc2)CC1. The van der Waals surface area contributed by atoms with Gasteiger partial charge in [-0.3, -0.25) is 9.69 Å². The van der Waals surface area contributed by atoms with Crippen LogP contribution in [0.2, 0.25) is 0 Å². The summed E-state index contributed by atoms with van der Waals surface area (Å²) in [6.45, 7) is 8.86. The monoisotopic (exact) mass is 362 g/mol. The van der Waals surface area contributed by atoms with Gasteiger partial charge in [0.05, 0.1) is 0 Å². The second-order valence-corrected chi connectivity index (χ2v) is 7.13. The van der Waals surface area contributed by atoms with Crippen molar-refractivity contribution in [2.45, 2.75) is 13.5 Å². The number of H-pyrrole nitrogens is 1. The fourth-order valence-electron chi connectivity index (χ4n) is 3.61. The zero-order chi connectivity index (χ0) is 18.6. The number of aromatic nitrogens is 1. The molecule has 1 amide bonds. The Morgan fingerprint density at radius 3 is 2.41 bits per heavy atom. The van der Waals surface area contributed by atoms with Gasteiger partial charge in [0.25, 0.3) is 5.91 Å². The summed E-state index contributed by atoms with van der Waals surface area (Å²) in [4.78, 5) is 20.6. The molecule has 2 heterocycles. The molecular weight excluding hydrogens is 336 g/mol. The highest BCUT2D eigenvalue weighted by Crippen LogP contribution is 2.17. The molecule has 5 nitrogen and oxygen atoms in total. The highest BCUT2D eigenvalue weighted by atomic mass is 16.1. The number of piperazine rings is 1. The molecule has 0 atom stereocenters. The van der Waals surface area contributed by atoms with Crippen molar-refractivity contribution in [3.8, 4) is 0 Å². The van der Waals surface area contributed by atoms with E-state index >= 15 is 0 Å². The van der Waals surface area contributed by atoms with Crippen molar-refractivity contribution in [2.24, 2.45) is 0 Å². The van der Waals surface area contributed by atoms with E-state index < -0.39 is 0 Å². The van der Waals surface area contributed by atoms with Crippen LogP contribution in [-0.2, 0) is 6.54 Å².